The lowest BCUT2D eigenvalue weighted by Crippen LogP contribution is -2.15. The molecule has 0 radical (unpaired) electrons. The van der Waals surface area contributed by atoms with Gasteiger partial charge in [0.1, 0.15) is 0 Å². The molecular formula is C18H13Cl2F3N4OS. The third-order valence-electron chi connectivity index (χ3n) is 3.82. The van der Waals surface area contributed by atoms with Crippen molar-refractivity contribution < 1.29 is 18.0 Å². The van der Waals surface area contributed by atoms with Crippen LogP contribution in [0, 0.1) is 0 Å². The van der Waals surface area contributed by atoms with Crippen LogP contribution in [0.4, 0.5) is 18.9 Å². The first kappa shape index (κ1) is 21.5. The lowest BCUT2D eigenvalue weighted by Gasteiger charge is -2.09. The molecule has 2 aromatic carbocycles. The van der Waals surface area contributed by atoms with Crippen molar-refractivity contribution in [3.8, 4) is 11.4 Å². The average Bonchev–Trinajstić information content (AvgIpc) is 3.02. The average molecular weight is 461 g/mol. The summed E-state index contributed by atoms with van der Waals surface area (Å²) in [5.41, 5.74) is -0.0583. The first-order valence-electron chi connectivity index (χ1n) is 8.10. The van der Waals surface area contributed by atoms with E-state index >= 15 is 0 Å². The number of alkyl halides is 3. The van der Waals surface area contributed by atoms with Crippen molar-refractivity contribution in [2.24, 2.45) is 7.05 Å². The van der Waals surface area contributed by atoms with Gasteiger partial charge >= 0.3 is 6.18 Å². The van der Waals surface area contributed by atoms with Crippen molar-refractivity contribution in [3.05, 3.63) is 58.1 Å². The number of nitrogens with zero attached hydrogens (tertiary/aromatic N) is 3. The molecule has 3 aromatic rings. The number of anilines is 1. The van der Waals surface area contributed by atoms with Gasteiger partial charge in [0.15, 0.2) is 11.0 Å². The zero-order valence-corrected chi connectivity index (χ0v) is 17.1. The fraction of sp³-hybridized carbons (Fsp3) is 0.167. The van der Waals surface area contributed by atoms with Gasteiger partial charge in [-0.2, -0.15) is 13.2 Å². The van der Waals surface area contributed by atoms with Crippen LogP contribution in [0.5, 0.6) is 0 Å². The van der Waals surface area contributed by atoms with E-state index in [9.17, 15) is 18.0 Å². The first-order chi connectivity index (χ1) is 13.6. The number of thioether (sulfide) groups is 1. The summed E-state index contributed by atoms with van der Waals surface area (Å²) in [6.45, 7) is 0. The Morgan fingerprint density at radius 2 is 1.90 bits per heavy atom. The molecule has 0 atom stereocenters. The monoisotopic (exact) mass is 460 g/mol. The summed E-state index contributed by atoms with van der Waals surface area (Å²) in [7, 11) is 1.73. The highest BCUT2D eigenvalue weighted by molar-refractivity contribution is 7.99. The zero-order valence-electron chi connectivity index (χ0n) is 14.8. The van der Waals surface area contributed by atoms with Crippen LogP contribution in [0.2, 0.25) is 10.0 Å². The number of aromatic nitrogens is 3. The number of nitrogens with one attached hydrogen (secondary N) is 1. The molecule has 0 fully saturated rings. The van der Waals surface area contributed by atoms with Crippen LogP contribution in [0.15, 0.2) is 47.6 Å². The number of carbonyl (C=O) groups excluding carboxylic acids is 1. The van der Waals surface area contributed by atoms with Gasteiger partial charge in [-0.15, -0.1) is 10.2 Å². The molecule has 1 N–H and O–H groups in total. The van der Waals surface area contributed by atoms with Gasteiger partial charge in [-0.05, 0) is 36.4 Å². The van der Waals surface area contributed by atoms with E-state index in [0.717, 1.165) is 23.9 Å². The SMILES string of the molecule is Cn1c(SCC(=O)Nc2cccc(C(F)(F)F)c2)nnc1-c1ccc(Cl)c(Cl)c1. The van der Waals surface area contributed by atoms with Gasteiger partial charge in [0, 0.05) is 18.3 Å². The van der Waals surface area contributed by atoms with E-state index in [1.54, 1.807) is 29.8 Å². The van der Waals surface area contributed by atoms with Crippen molar-refractivity contribution in [1.82, 2.24) is 14.8 Å². The van der Waals surface area contributed by atoms with E-state index in [1.807, 2.05) is 0 Å². The summed E-state index contributed by atoms with van der Waals surface area (Å²) in [6.07, 6.45) is -4.48. The summed E-state index contributed by atoms with van der Waals surface area (Å²) >= 11 is 13.0. The van der Waals surface area contributed by atoms with Crippen LogP contribution in [-0.2, 0) is 18.0 Å². The van der Waals surface area contributed by atoms with Gasteiger partial charge in [0.25, 0.3) is 0 Å². The molecule has 1 aromatic heterocycles. The second-order valence-corrected chi connectivity index (χ2v) is 7.67. The fourth-order valence-corrected chi connectivity index (χ4v) is 3.44. The Hall–Kier alpha value is -2.23. The van der Waals surface area contributed by atoms with Crippen molar-refractivity contribution in [2.45, 2.75) is 11.3 Å². The Labute approximate surface area is 178 Å². The van der Waals surface area contributed by atoms with E-state index in [-0.39, 0.29) is 11.4 Å². The second-order valence-electron chi connectivity index (χ2n) is 5.91. The molecule has 11 heteroatoms. The lowest BCUT2D eigenvalue weighted by atomic mass is 10.2. The molecule has 0 saturated carbocycles. The first-order valence-corrected chi connectivity index (χ1v) is 9.84. The molecule has 3 rings (SSSR count). The molecule has 0 unspecified atom stereocenters. The highest BCUT2D eigenvalue weighted by Gasteiger charge is 2.30. The summed E-state index contributed by atoms with van der Waals surface area (Å²) < 4.78 is 40.0. The maximum absolute atomic E-state index is 12.8. The second kappa shape index (κ2) is 8.64. The zero-order chi connectivity index (χ0) is 21.2. The number of rotatable bonds is 5. The summed E-state index contributed by atoms with van der Waals surface area (Å²) in [5, 5.41) is 11.8. The minimum atomic E-state index is -4.48. The highest BCUT2D eigenvalue weighted by Crippen LogP contribution is 2.31. The normalized spacial score (nSPS) is 11.5. The third-order valence-corrected chi connectivity index (χ3v) is 5.58. The van der Waals surface area contributed by atoms with Gasteiger partial charge < -0.3 is 9.88 Å². The van der Waals surface area contributed by atoms with Crippen LogP contribution in [0.3, 0.4) is 0 Å². The molecule has 0 saturated heterocycles. The summed E-state index contributed by atoms with van der Waals surface area (Å²) in [6, 6.07) is 9.49. The Kier molecular flexibility index (Phi) is 6.40. The molecule has 0 bridgehead atoms. The highest BCUT2D eigenvalue weighted by atomic mass is 35.5. The number of halogens is 5. The standard InChI is InChI=1S/C18H13Cl2F3N4OS/c1-27-16(10-5-6-13(19)14(20)7-10)25-26-17(27)29-9-15(28)24-12-4-2-3-11(8-12)18(21,22)23/h2-8H,9H2,1H3,(H,24,28). The molecule has 0 spiro atoms. The number of amides is 1. The van der Waals surface area contributed by atoms with E-state index in [2.05, 4.69) is 15.5 Å². The molecule has 5 nitrogen and oxygen atoms in total. The fourth-order valence-electron chi connectivity index (χ4n) is 2.43. The number of carbonyl (C=O) groups is 1. The van der Waals surface area contributed by atoms with Crippen molar-refractivity contribution in [1.29, 1.82) is 0 Å². The number of benzene rings is 2. The van der Waals surface area contributed by atoms with Crippen LogP contribution in [0.25, 0.3) is 11.4 Å². The Morgan fingerprint density at radius 3 is 2.59 bits per heavy atom. The van der Waals surface area contributed by atoms with E-state index in [4.69, 9.17) is 23.2 Å². The molecule has 0 aliphatic heterocycles. The van der Waals surface area contributed by atoms with Gasteiger partial charge in [-0.25, -0.2) is 0 Å². The van der Waals surface area contributed by atoms with Gasteiger partial charge in [0.05, 0.1) is 21.4 Å². The molecule has 1 amide bonds. The van der Waals surface area contributed by atoms with Crippen LogP contribution in [0.1, 0.15) is 5.56 Å². The third kappa shape index (κ3) is 5.23. The minimum absolute atomic E-state index is 0.0520. The predicted octanol–water partition coefficient (Wildman–Crippen LogP) is 5.54. The van der Waals surface area contributed by atoms with E-state index in [0.29, 0.717) is 26.6 Å². The van der Waals surface area contributed by atoms with Gasteiger partial charge in [-0.3, -0.25) is 4.79 Å². The molecule has 0 aliphatic carbocycles. The van der Waals surface area contributed by atoms with E-state index in [1.165, 1.54) is 12.1 Å². The van der Waals surface area contributed by atoms with Crippen molar-refractivity contribution in [3.63, 3.8) is 0 Å². The lowest BCUT2D eigenvalue weighted by molar-refractivity contribution is -0.137. The number of hydrogen-bond donors (Lipinski definition) is 1. The van der Waals surface area contributed by atoms with Crippen molar-refractivity contribution >= 4 is 46.6 Å². The van der Waals surface area contributed by atoms with Crippen LogP contribution < -0.4 is 5.32 Å². The predicted molar refractivity (Wildman–Crippen MR) is 107 cm³/mol. The summed E-state index contributed by atoms with van der Waals surface area (Å²) in [4.78, 5) is 12.1. The molecule has 152 valence electrons. The maximum Gasteiger partial charge on any atom is 0.416 e. The molecular weight excluding hydrogens is 448 g/mol. The number of hydrogen-bond acceptors (Lipinski definition) is 4. The Morgan fingerprint density at radius 1 is 1.14 bits per heavy atom. The quantitative estimate of drug-likeness (QED) is 0.507. The smallest absolute Gasteiger partial charge is 0.325 e. The van der Waals surface area contributed by atoms with Crippen LogP contribution in [-0.4, -0.2) is 26.4 Å². The minimum Gasteiger partial charge on any atom is -0.325 e. The Bertz CT molecular complexity index is 1060. The van der Waals surface area contributed by atoms with Crippen LogP contribution >= 0.6 is 35.0 Å². The largest absolute Gasteiger partial charge is 0.416 e. The van der Waals surface area contributed by atoms with Crippen molar-refractivity contribution in [2.75, 3.05) is 11.1 Å². The van der Waals surface area contributed by atoms with Gasteiger partial charge in [-0.1, -0.05) is 41.0 Å². The molecule has 0 aliphatic rings. The molecule has 29 heavy (non-hydrogen) atoms. The topological polar surface area (TPSA) is 59.8 Å². The molecule has 1 heterocycles. The van der Waals surface area contributed by atoms with E-state index < -0.39 is 17.6 Å². The Balaban J connectivity index is 1.65. The maximum atomic E-state index is 12.8. The van der Waals surface area contributed by atoms with Gasteiger partial charge in [0.2, 0.25) is 5.91 Å². The summed E-state index contributed by atoms with van der Waals surface area (Å²) in [5.74, 6) is 0.0154.